The van der Waals surface area contributed by atoms with Crippen molar-refractivity contribution in [1.82, 2.24) is 4.37 Å². The molecule has 0 aromatic carbocycles. The molecule has 0 unspecified atom stereocenters. The first kappa shape index (κ1) is 13.4. The van der Waals surface area contributed by atoms with Crippen LogP contribution in [0.25, 0.3) is 0 Å². The largest absolute Gasteiger partial charge is 0.412 e. The average molecular weight is 308 g/mol. The van der Waals surface area contributed by atoms with E-state index >= 15 is 0 Å². The van der Waals surface area contributed by atoms with Crippen LogP contribution in [0.2, 0.25) is 18.1 Å². The lowest BCUT2D eigenvalue weighted by atomic mass is 10.2. The van der Waals surface area contributed by atoms with Gasteiger partial charge in [-0.05, 0) is 45.6 Å². The van der Waals surface area contributed by atoms with Gasteiger partial charge >= 0.3 is 0 Å². The molecule has 0 aliphatic rings. The highest BCUT2D eigenvalue weighted by Crippen LogP contribution is 2.37. The van der Waals surface area contributed by atoms with E-state index in [-0.39, 0.29) is 5.04 Å². The Hall–Kier alpha value is 0.287. The molecule has 1 aromatic rings. The Kier molecular flexibility index (Phi) is 4.14. The summed E-state index contributed by atoms with van der Waals surface area (Å²) < 4.78 is 11.3. The van der Waals surface area contributed by atoms with E-state index < -0.39 is 8.32 Å². The van der Waals surface area contributed by atoms with Gasteiger partial charge in [0.15, 0.2) is 8.32 Å². The van der Waals surface area contributed by atoms with E-state index in [1.807, 2.05) is 6.20 Å². The zero-order valence-corrected chi connectivity index (χ0v) is 13.3. The Morgan fingerprint density at radius 3 is 2.47 bits per heavy atom. The fourth-order valence-corrected chi connectivity index (χ4v) is 2.96. The average Bonchev–Trinajstić information content (AvgIpc) is 2.46. The molecule has 5 heteroatoms. The second-order valence-corrected chi connectivity index (χ2v) is 11.7. The van der Waals surface area contributed by atoms with Crippen molar-refractivity contribution < 1.29 is 4.43 Å². The van der Waals surface area contributed by atoms with Gasteiger partial charge in [0, 0.05) is 0 Å². The maximum atomic E-state index is 6.10. The fourth-order valence-electron chi connectivity index (χ4n) is 0.810. The van der Waals surface area contributed by atoms with Crippen LogP contribution in [0.15, 0.2) is 10.7 Å². The highest BCUT2D eigenvalue weighted by molar-refractivity contribution is 9.10. The van der Waals surface area contributed by atoms with Gasteiger partial charge in [0.1, 0.15) is 0 Å². The van der Waals surface area contributed by atoms with E-state index in [4.69, 9.17) is 4.43 Å². The fraction of sp³-hybridized carbons (Fsp3) is 0.700. The summed E-state index contributed by atoms with van der Waals surface area (Å²) in [4.78, 5) is 1.18. The summed E-state index contributed by atoms with van der Waals surface area (Å²) in [6, 6.07) is 0. The molecule has 1 rings (SSSR count). The molecule has 0 amide bonds. The molecule has 0 bridgehead atoms. The Morgan fingerprint density at radius 1 is 1.47 bits per heavy atom. The Bertz CT molecular complexity index is 332. The number of nitrogens with zero attached hydrogens (tertiary/aromatic N) is 1. The Morgan fingerprint density at radius 2 is 2.07 bits per heavy atom. The molecule has 2 nitrogen and oxygen atoms in total. The molecule has 0 aliphatic carbocycles. The Labute approximate surface area is 105 Å². The minimum absolute atomic E-state index is 0.268. The highest BCUT2D eigenvalue weighted by Gasteiger charge is 2.37. The number of aromatic nitrogens is 1. The third-order valence-electron chi connectivity index (χ3n) is 2.97. The molecular formula is C10H18BrNOSSi. The lowest BCUT2D eigenvalue weighted by Crippen LogP contribution is -2.40. The normalized spacial score (nSPS) is 13.2. The lowest BCUT2D eigenvalue weighted by Gasteiger charge is -2.36. The van der Waals surface area contributed by atoms with E-state index in [0.29, 0.717) is 6.61 Å². The monoisotopic (exact) mass is 307 g/mol. The zero-order valence-electron chi connectivity index (χ0n) is 9.93. The van der Waals surface area contributed by atoms with Crippen molar-refractivity contribution in [1.29, 1.82) is 0 Å². The van der Waals surface area contributed by atoms with E-state index in [2.05, 4.69) is 54.2 Å². The van der Waals surface area contributed by atoms with Crippen molar-refractivity contribution in [2.75, 3.05) is 0 Å². The highest BCUT2D eigenvalue weighted by atomic mass is 79.9. The number of halogens is 1. The van der Waals surface area contributed by atoms with E-state index in [1.54, 1.807) is 0 Å². The van der Waals surface area contributed by atoms with Crippen molar-refractivity contribution >= 4 is 35.8 Å². The lowest BCUT2D eigenvalue weighted by molar-refractivity contribution is 0.279. The predicted octanol–water partition coefficient (Wildman–Crippen LogP) is 4.43. The third kappa shape index (κ3) is 3.37. The van der Waals surface area contributed by atoms with Crippen molar-refractivity contribution in [2.24, 2.45) is 0 Å². The van der Waals surface area contributed by atoms with Crippen molar-refractivity contribution in [3.63, 3.8) is 0 Å². The summed E-state index contributed by atoms with van der Waals surface area (Å²) in [6.45, 7) is 12.0. The molecule has 1 heterocycles. The second-order valence-electron chi connectivity index (χ2n) is 5.15. The van der Waals surface area contributed by atoms with Gasteiger partial charge in [-0.2, -0.15) is 4.37 Å². The molecule has 0 N–H and O–H groups in total. The van der Waals surface area contributed by atoms with Crippen LogP contribution in [0.4, 0.5) is 0 Å². The van der Waals surface area contributed by atoms with Crippen LogP contribution in [-0.2, 0) is 11.0 Å². The van der Waals surface area contributed by atoms with Crippen LogP contribution in [0.3, 0.4) is 0 Å². The standard InChI is InChI=1S/C10H18BrNOSSi/c1-10(2,3)15(4,5)13-7-9-8(11)6-12-14-9/h6H,7H2,1-5H3. The molecule has 0 saturated heterocycles. The van der Waals surface area contributed by atoms with E-state index in [0.717, 1.165) is 4.47 Å². The van der Waals surface area contributed by atoms with Crippen molar-refractivity contribution in [2.45, 2.75) is 45.5 Å². The van der Waals surface area contributed by atoms with Gasteiger partial charge in [-0.15, -0.1) is 0 Å². The van der Waals surface area contributed by atoms with Crippen LogP contribution in [-0.4, -0.2) is 12.7 Å². The summed E-state index contributed by atoms with van der Waals surface area (Å²) in [7, 11) is -1.63. The molecule has 0 radical (unpaired) electrons. The first-order chi connectivity index (χ1) is 6.74. The SMILES string of the molecule is CC(C)(C)[Si](C)(C)OCc1sncc1Br. The van der Waals surface area contributed by atoms with Gasteiger partial charge in [0.25, 0.3) is 0 Å². The number of hydrogen-bond acceptors (Lipinski definition) is 3. The van der Waals surface area contributed by atoms with Gasteiger partial charge in [-0.25, -0.2) is 0 Å². The van der Waals surface area contributed by atoms with Crippen LogP contribution in [0, 0.1) is 0 Å². The molecule has 0 spiro atoms. The summed E-state index contributed by atoms with van der Waals surface area (Å²) in [5, 5.41) is 0.268. The van der Waals surface area contributed by atoms with Gasteiger partial charge in [-0.1, -0.05) is 20.8 Å². The maximum absolute atomic E-state index is 6.10. The quantitative estimate of drug-likeness (QED) is 0.771. The second kappa shape index (κ2) is 4.65. The summed E-state index contributed by atoms with van der Waals surface area (Å²) in [6.07, 6.45) is 1.83. The van der Waals surface area contributed by atoms with Crippen LogP contribution in [0.1, 0.15) is 25.6 Å². The molecule has 15 heavy (non-hydrogen) atoms. The van der Waals surface area contributed by atoms with Crippen molar-refractivity contribution in [3.8, 4) is 0 Å². The van der Waals surface area contributed by atoms with Crippen LogP contribution >= 0.6 is 27.5 Å². The first-order valence-corrected chi connectivity index (χ1v) is 9.44. The number of rotatable bonds is 3. The zero-order chi connectivity index (χ0) is 11.7. The smallest absolute Gasteiger partial charge is 0.192 e. The van der Waals surface area contributed by atoms with E-state index in [1.165, 1.54) is 16.4 Å². The van der Waals surface area contributed by atoms with Crippen molar-refractivity contribution in [3.05, 3.63) is 15.5 Å². The summed E-state index contributed by atoms with van der Waals surface area (Å²) >= 11 is 4.97. The topological polar surface area (TPSA) is 22.1 Å². The first-order valence-electron chi connectivity index (χ1n) is 4.97. The molecule has 1 aromatic heterocycles. The van der Waals surface area contributed by atoms with Gasteiger partial charge in [0.2, 0.25) is 0 Å². The molecule has 0 aliphatic heterocycles. The summed E-state index contributed by atoms with van der Waals surface area (Å²) in [5.41, 5.74) is 0. The molecular weight excluding hydrogens is 290 g/mol. The summed E-state index contributed by atoms with van der Waals surface area (Å²) in [5.74, 6) is 0. The molecule has 0 atom stereocenters. The molecule has 86 valence electrons. The minimum atomic E-state index is -1.63. The number of hydrogen-bond donors (Lipinski definition) is 0. The Balaban J connectivity index is 2.61. The van der Waals surface area contributed by atoms with Gasteiger partial charge in [0.05, 0.1) is 22.2 Å². The van der Waals surface area contributed by atoms with Gasteiger partial charge in [-0.3, -0.25) is 0 Å². The van der Waals surface area contributed by atoms with Crippen LogP contribution in [0.5, 0.6) is 0 Å². The third-order valence-corrected chi connectivity index (χ3v) is 9.16. The molecule has 0 saturated carbocycles. The van der Waals surface area contributed by atoms with Gasteiger partial charge < -0.3 is 4.43 Å². The van der Waals surface area contributed by atoms with E-state index in [9.17, 15) is 0 Å². The molecule has 0 fully saturated rings. The predicted molar refractivity (Wildman–Crippen MR) is 71.8 cm³/mol. The maximum Gasteiger partial charge on any atom is 0.192 e. The van der Waals surface area contributed by atoms with Crippen LogP contribution < -0.4 is 0 Å². The minimum Gasteiger partial charge on any atom is -0.412 e.